The van der Waals surface area contributed by atoms with Crippen molar-refractivity contribution in [2.45, 2.75) is 32.1 Å². The maximum absolute atomic E-state index is 5.89. The predicted molar refractivity (Wildman–Crippen MR) is 74.4 cm³/mol. The van der Waals surface area contributed by atoms with Crippen molar-refractivity contribution in [2.75, 3.05) is 13.2 Å². The Hall–Kier alpha value is -0.540. The highest BCUT2D eigenvalue weighted by Gasteiger charge is 2.22. The Morgan fingerprint density at radius 3 is 2.82 bits per heavy atom. The molecule has 2 nitrogen and oxygen atoms in total. The van der Waals surface area contributed by atoms with Gasteiger partial charge in [-0.25, -0.2) is 0 Å². The second-order valence-corrected chi connectivity index (χ2v) is 5.67. The molecule has 17 heavy (non-hydrogen) atoms. The molecule has 0 saturated heterocycles. The molecule has 0 bridgehead atoms. The van der Waals surface area contributed by atoms with Crippen molar-refractivity contribution in [1.29, 1.82) is 0 Å². The molecule has 1 aliphatic rings. The van der Waals surface area contributed by atoms with E-state index in [0.717, 1.165) is 48.6 Å². The second kappa shape index (κ2) is 6.41. The smallest absolute Gasteiger partial charge is 0.122 e. The van der Waals surface area contributed by atoms with E-state index in [2.05, 4.69) is 34.1 Å². The Kier molecular flexibility index (Phi) is 4.86. The number of hydrogen-bond acceptors (Lipinski definition) is 2. The van der Waals surface area contributed by atoms with E-state index in [9.17, 15) is 0 Å². The van der Waals surface area contributed by atoms with Crippen LogP contribution in [0.5, 0.6) is 5.75 Å². The summed E-state index contributed by atoms with van der Waals surface area (Å²) in [6.45, 7) is 1.65. The van der Waals surface area contributed by atoms with Gasteiger partial charge in [0.1, 0.15) is 5.75 Å². The number of halogens is 1. The van der Waals surface area contributed by atoms with Gasteiger partial charge in [-0.05, 0) is 68.3 Å². The van der Waals surface area contributed by atoms with E-state index >= 15 is 0 Å². The second-order valence-electron chi connectivity index (χ2n) is 4.75. The largest absolute Gasteiger partial charge is 0.493 e. The van der Waals surface area contributed by atoms with Gasteiger partial charge in [-0.1, -0.05) is 15.9 Å². The van der Waals surface area contributed by atoms with Crippen molar-refractivity contribution >= 4 is 15.9 Å². The van der Waals surface area contributed by atoms with Crippen molar-refractivity contribution in [2.24, 2.45) is 11.7 Å². The molecule has 1 saturated carbocycles. The summed E-state index contributed by atoms with van der Waals surface area (Å²) in [6, 6.07) is 6.29. The van der Waals surface area contributed by atoms with Crippen molar-refractivity contribution in [3.63, 3.8) is 0 Å². The molecule has 2 N–H and O–H groups in total. The third-order valence-electron chi connectivity index (χ3n) is 3.09. The highest BCUT2D eigenvalue weighted by atomic mass is 79.9. The van der Waals surface area contributed by atoms with Gasteiger partial charge in [-0.3, -0.25) is 0 Å². The first-order chi connectivity index (χ1) is 8.29. The molecule has 2 rings (SSSR count). The molecule has 0 atom stereocenters. The average Bonchev–Trinajstić information content (AvgIpc) is 3.12. The molecule has 1 aromatic carbocycles. The zero-order valence-electron chi connectivity index (χ0n) is 10.1. The molecule has 3 heteroatoms. The minimum Gasteiger partial charge on any atom is -0.493 e. The lowest BCUT2D eigenvalue weighted by Crippen LogP contribution is -2.03. The van der Waals surface area contributed by atoms with Gasteiger partial charge >= 0.3 is 0 Å². The lowest BCUT2D eigenvalue weighted by molar-refractivity contribution is 0.296. The van der Waals surface area contributed by atoms with Gasteiger partial charge in [-0.15, -0.1) is 0 Å². The third kappa shape index (κ3) is 4.32. The quantitative estimate of drug-likeness (QED) is 0.782. The molecule has 0 heterocycles. The highest BCUT2D eigenvalue weighted by molar-refractivity contribution is 9.10. The van der Waals surface area contributed by atoms with Crippen molar-refractivity contribution in [1.82, 2.24) is 0 Å². The zero-order valence-corrected chi connectivity index (χ0v) is 11.7. The maximum Gasteiger partial charge on any atom is 0.122 e. The van der Waals surface area contributed by atoms with Crippen LogP contribution in [0.4, 0.5) is 0 Å². The van der Waals surface area contributed by atoms with Crippen LogP contribution in [0.25, 0.3) is 0 Å². The van der Waals surface area contributed by atoms with Crippen molar-refractivity contribution < 1.29 is 4.74 Å². The number of rotatable bonds is 7. The van der Waals surface area contributed by atoms with E-state index in [1.165, 1.54) is 18.4 Å². The van der Waals surface area contributed by atoms with E-state index in [1.807, 2.05) is 0 Å². The summed E-state index contributed by atoms with van der Waals surface area (Å²) >= 11 is 3.52. The van der Waals surface area contributed by atoms with E-state index in [0.29, 0.717) is 0 Å². The molecule has 0 amide bonds. The maximum atomic E-state index is 5.89. The zero-order chi connectivity index (χ0) is 12.1. The summed E-state index contributed by atoms with van der Waals surface area (Å²) in [5.74, 6) is 1.85. The first-order valence-corrected chi connectivity index (χ1v) is 7.20. The predicted octanol–water partition coefficient (Wildman–Crippen LogP) is 3.52. The highest BCUT2D eigenvalue weighted by Crippen LogP contribution is 2.31. The van der Waals surface area contributed by atoms with Crippen LogP contribution in [0.3, 0.4) is 0 Å². The molecule has 94 valence electrons. The number of ether oxygens (including phenoxy) is 1. The minimum absolute atomic E-state index is 0.770. The van der Waals surface area contributed by atoms with Crippen LogP contribution in [0.2, 0.25) is 0 Å². The standard InChI is InChI=1S/C14H20BrNO/c15-13-6-7-14(17-10-11-4-5-11)12(9-13)3-1-2-8-16/h6-7,9,11H,1-5,8,10,16H2. The fourth-order valence-corrected chi connectivity index (χ4v) is 2.24. The molecule has 1 aliphatic carbocycles. The Bertz CT molecular complexity index is 363. The minimum atomic E-state index is 0.770. The van der Waals surface area contributed by atoms with Gasteiger partial charge in [-0.2, -0.15) is 0 Å². The fraction of sp³-hybridized carbons (Fsp3) is 0.571. The van der Waals surface area contributed by atoms with Gasteiger partial charge in [0, 0.05) is 4.47 Å². The Morgan fingerprint density at radius 1 is 1.29 bits per heavy atom. The summed E-state index contributed by atoms with van der Waals surface area (Å²) < 4.78 is 7.02. The van der Waals surface area contributed by atoms with Crippen LogP contribution in [0, 0.1) is 5.92 Å². The van der Waals surface area contributed by atoms with E-state index in [1.54, 1.807) is 0 Å². The molecular weight excluding hydrogens is 278 g/mol. The number of aryl methyl sites for hydroxylation is 1. The van der Waals surface area contributed by atoms with Crippen LogP contribution in [-0.4, -0.2) is 13.2 Å². The lowest BCUT2D eigenvalue weighted by Gasteiger charge is -2.11. The number of unbranched alkanes of at least 4 members (excludes halogenated alkanes) is 1. The number of hydrogen-bond donors (Lipinski definition) is 1. The normalized spacial score (nSPS) is 14.9. The van der Waals surface area contributed by atoms with Gasteiger partial charge < -0.3 is 10.5 Å². The molecule has 0 spiro atoms. The monoisotopic (exact) mass is 297 g/mol. The van der Waals surface area contributed by atoms with Gasteiger partial charge in [0.2, 0.25) is 0 Å². The Morgan fingerprint density at radius 2 is 2.12 bits per heavy atom. The summed E-state index contributed by atoms with van der Waals surface area (Å²) in [6.07, 6.45) is 5.93. The first kappa shape index (κ1) is 12.9. The van der Waals surface area contributed by atoms with Crippen LogP contribution < -0.4 is 10.5 Å². The molecule has 0 radical (unpaired) electrons. The summed E-state index contributed by atoms with van der Waals surface area (Å²) in [5.41, 5.74) is 6.83. The van der Waals surface area contributed by atoms with Crippen LogP contribution in [-0.2, 0) is 6.42 Å². The van der Waals surface area contributed by atoms with Gasteiger partial charge in [0.05, 0.1) is 6.61 Å². The molecule has 1 fully saturated rings. The van der Waals surface area contributed by atoms with E-state index in [-0.39, 0.29) is 0 Å². The van der Waals surface area contributed by atoms with Gasteiger partial charge in [0.15, 0.2) is 0 Å². The molecule has 0 aliphatic heterocycles. The van der Waals surface area contributed by atoms with E-state index < -0.39 is 0 Å². The van der Waals surface area contributed by atoms with Gasteiger partial charge in [0.25, 0.3) is 0 Å². The SMILES string of the molecule is NCCCCc1cc(Br)ccc1OCC1CC1. The summed E-state index contributed by atoms with van der Waals surface area (Å²) in [5, 5.41) is 0. The molecular formula is C14H20BrNO. The van der Waals surface area contributed by atoms with Crippen LogP contribution in [0.1, 0.15) is 31.2 Å². The fourth-order valence-electron chi connectivity index (χ4n) is 1.84. The molecule has 0 unspecified atom stereocenters. The summed E-state index contributed by atoms with van der Waals surface area (Å²) in [4.78, 5) is 0. The van der Waals surface area contributed by atoms with Crippen molar-refractivity contribution in [3.8, 4) is 5.75 Å². The summed E-state index contributed by atoms with van der Waals surface area (Å²) in [7, 11) is 0. The van der Waals surface area contributed by atoms with Crippen LogP contribution in [0.15, 0.2) is 22.7 Å². The number of benzene rings is 1. The lowest BCUT2D eigenvalue weighted by atomic mass is 10.1. The average molecular weight is 298 g/mol. The van der Waals surface area contributed by atoms with E-state index in [4.69, 9.17) is 10.5 Å². The van der Waals surface area contributed by atoms with Crippen molar-refractivity contribution in [3.05, 3.63) is 28.2 Å². The third-order valence-corrected chi connectivity index (χ3v) is 3.59. The Labute approximate surface area is 112 Å². The molecule has 0 aromatic heterocycles. The first-order valence-electron chi connectivity index (χ1n) is 6.41. The molecule has 1 aromatic rings. The Balaban J connectivity index is 1.95. The topological polar surface area (TPSA) is 35.2 Å². The number of nitrogens with two attached hydrogens (primary N) is 1. The van der Waals surface area contributed by atoms with Crippen LogP contribution >= 0.6 is 15.9 Å².